The molecule has 0 aromatic heterocycles. The Morgan fingerprint density at radius 2 is 1.33 bits per heavy atom. The number of ether oxygens (including phenoxy) is 2. The number of hydrazine groups is 1. The topological polar surface area (TPSA) is 76.7 Å². The number of benzene rings is 3. The van der Waals surface area contributed by atoms with Crippen molar-refractivity contribution in [1.29, 1.82) is 0 Å². The molecule has 0 aliphatic heterocycles. The van der Waals surface area contributed by atoms with Crippen LogP contribution in [0.4, 0.5) is 8.78 Å². The minimum absolute atomic E-state index is 0.169. The minimum Gasteiger partial charge on any atom is -0.490 e. The fourth-order valence-electron chi connectivity index (χ4n) is 2.55. The summed E-state index contributed by atoms with van der Waals surface area (Å²) in [5.41, 5.74) is 4.21. The summed E-state index contributed by atoms with van der Waals surface area (Å²) < 4.78 is 37.6. The highest BCUT2D eigenvalue weighted by Crippen LogP contribution is 2.18. The van der Waals surface area contributed by atoms with Gasteiger partial charge in [0, 0.05) is 11.6 Å². The summed E-state index contributed by atoms with van der Waals surface area (Å²) in [6, 6.07) is 18.0. The van der Waals surface area contributed by atoms with Crippen LogP contribution in [0.2, 0.25) is 0 Å². The second-order valence-corrected chi connectivity index (χ2v) is 6.07. The molecule has 0 bridgehead atoms. The lowest BCUT2D eigenvalue weighted by molar-refractivity contribution is 0.0843. The molecule has 3 aromatic rings. The van der Waals surface area contributed by atoms with Gasteiger partial charge in [-0.3, -0.25) is 20.4 Å². The summed E-state index contributed by atoms with van der Waals surface area (Å²) in [7, 11) is 0. The Kier molecular flexibility index (Phi) is 6.94. The molecule has 0 unspecified atom stereocenters. The molecule has 8 heteroatoms. The smallest absolute Gasteiger partial charge is 0.273 e. The molecule has 3 rings (SSSR count). The van der Waals surface area contributed by atoms with Gasteiger partial charge in [-0.1, -0.05) is 30.3 Å². The first-order valence-corrected chi connectivity index (χ1v) is 8.99. The summed E-state index contributed by atoms with van der Waals surface area (Å²) in [5.74, 6) is -2.33. The van der Waals surface area contributed by atoms with Gasteiger partial charge in [-0.05, 0) is 36.4 Å². The van der Waals surface area contributed by atoms with Gasteiger partial charge in [0.15, 0.2) is 0 Å². The summed E-state index contributed by atoms with van der Waals surface area (Å²) in [6.07, 6.45) is 0. The van der Waals surface area contributed by atoms with Crippen LogP contribution < -0.4 is 20.3 Å². The molecule has 0 spiro atoms. The van der Waals surface area contributed by atoms with Crippen molar-refractivity contribution in [2.45, 2.75) is 0 Å². The molecule has 30 heavy (non-hydrogen) atoms. The number of nitrogens with one attached hydrogen (secondary N) is 2. The highest BCUT2D eigenvalue weighted by atomic mass is 19.1. The molecule has 6 nitrogen and oxygen atoms in total. The van der Waals surface area contributed by atoms with Crippen molar-refractivity contribution in [1.82, 2.24) is 10.9 Å². The molecule has 2 N–H and O–H groups in total. The van der Waals surface area contributed by atoms with Crippen molar-refractivity contribution in [2.75, 3.05) is 13.2 Å². The Balaban J connectivity index is 1.55. The van der Waals surface area contributed by atoms with E-state index in [1.165, 1.54) is 6.07 Å². The lowest BCUT2D eigenvalue weighted by Crippen LogP contribution is -2.41. The van der Waals surface area contributed by atoms with E-state index in [4.69, 9.17) is 9.47 Å². The molecule has 0 aliphatic rings. The molecular weight excluding hydrogens is 394 g/mol. The molecule has 0 fully saturated rings. The zero-order valence-electron chi connectivity index (χ0n) is 15.7. The number of amides is 2. The minimum atomic E-state index is -0.900. The van der Waals surface area contributed by atoms with Crippen LogP contribution in [-0.2, 0) is 0 Å². The van der Waals surface area contributed by atoms with Crippen molar-refractivity contribution < 1.29 is 27.8 Å². The van der Waals surface area contributed by atoms with Crippen LogP contribution >= 0.6 is 0 Å². The maximum absolute atomic E-state index is 13.2. The SMILES string of the molecule is O=C(NNC(=O)c1ccccc1OCCOc1ccccc1)c1cc(F)cc(F)c1. The lowest BCUT2D eigenvalue weighted by Gasteiger charge is -2.13. The second-order valence-electron chi connectivity index (χ2n) is 6.07. The predicted octanol–water partition coefficient (Wildman–Crippen LogP) is 3.50. The molecule has 3 aromatic carbocycles. The average molecular weight is 412 g/mol. The predicted molar refractivity (Wildman–Crippen MR) is 105 cm³/mol. The van der Waals surface area contributed by atoms with Gasteiger partial charge in [-0.25, -0.2) is 8.78 Å². The maximum Gasteiger partial charge on any atom is 0.273 e. The second kappa shape index (κ2) is 10.0. The number of rotatable bonds is 7. The van der Waals surface area contributed by atoms with Crippen LogP contribution in [0, 0.1) is 11.6 Å². The summed E-state index contributed by atoms with van der Waals surface area (Å²) in [4.78, 5) is 24.4. The van der Waals surface area contributed by atoms with Crippen LogP contribution in [0.1, 0.15) is 20.7 Å². The number of hydrogen-bond acceptors (Lipinski definition) is 4. The fourth-order valence-corrected chi connectivity index (χ4v) is 2.55. The summed E-state index contributed by atoms with van der Waals surface area (Å²) in [5, 5.41) is 0. The number of para-hydroxylation sites is 2. The van der Waals surface area contributed by atoms with E-state index in [1.54, 1.807) is 18.2 Å². The van der Waals surface area contributed by atoms with Crippen LogP contribution in [0.5, 0.6) is 11.5 Å². The van der Waals surface area contributed by atoms with Crippen molar-refractivity contribution in [3.05, 3.63) is 95.6 Å². The number of carbonyl (C=O) groups is 2. The third-order valence-electron chi connectivity index (χ3n) is 3.90. The monoisotopic (exact) mass is 412 g/mol. The van der Waals surface area contributed by atoms with Gasteiger partial charge in [0.05, 0.1) is 5.56 Å². The van der Waals surface area contributed by atoms with Crippen LogP contribution in [0.25, 0.3) is 0 Å². The van der Waals surface area contributed by atoms with Gasteiger partial charge in [-0.2, -0.15) is 0 Å². The van der Waals surface area contributed by atoms with E-state index in [1.807, 2.05) is 30.3 Å². The standard InChI is InChI=1S/C22H18F2N2O4/c23-16-12-15(13-17(24)14-16)21(27)25-26-22(28)19-8-4-5-9-20(19)30-11-10-29-18-6-2-1-3-7-18/h1-9,12-14H,10-11H2,(H,25,27)(H,26,28). The zero-order chi connectivity index (χ0) is 21.3. The van der Waals surface area contributed by atoms with Gasteiger partial charge >= 0.3 is 0 Å². The number of hydrogen-bond donors (Lipinski definition) is 2. The van der Waals surface area contributed by atoms with Crippen molar-refractivity contribution >= 4 is 11.8 Å². The zero-order valence-corrected chi connectivity index (χ0v) is 15.7. The molecular formula is C22H18F2N2O4. The van der Waals surface area contributed by atoms with Crippen molar-refractivity contribution in [2.24, 2.45) is 0 Å². The first kappa shape index (κ1) is 20.8. The van der Waals surface area contributed by atoms with E-state index in [-0.39, 0.29) is 30.1 Å². The summed E-state index contributed by atoms with van der Waals surface area (Å²) in [6.45, 7) is 0.454. The third-order valence-corrected chi connectivity index (χ3v) is 3.90. The molecule has 0 heterocycles. The molecule has 0 saturated heterocycles. The fraction of sp³-hybridized carbons (Fsp3) is 0.0909. The highest BCUT2D eigenvalue weighted by Gasteiger charge is 2.14. The largest absolute Gasteiger partial charge is 0.490 e. The van der Waals surface area contributed by atoms with Crippen LogP contribution in [0.3, 0.4) is 0 Å². The van der Waals surface area contributed by atoms with Crippen molar-refractivity contribution in [3.63, 3.8) is 0 Å². The molecule has 154 valence electrons. The van der Waals surface area contributed by atoms with Gasteiger partial charge < -0.3 is 9.47 Å². The first-order valence-electron chi connectivity index (χ1n) is 8.99. The van der Waals surface area contributed by atoms with Gasteiger partial charge in [0.1, 0.15) is 36.3 Å². The Bertz CT molecular complexity index is 1010. The van der Waals surface area contributed by atoms with Crippen molar-refractivity contribution in [3.8, 4) is 11.5 Å². The molecule has 0 aliphatic carbocycles. The molecule has 0 atom stereocenters. The summed E-state index contributed by atoms with van der Waals surface area (Å²) >= 11 is 0. The number of halogens is 2. The van der Waals surface area contributed by atoms with Gasteiger partial charge in [-0.15, -0.1) is 0 Å². The van der Waals surface area contributed by atoms with Crippen LogP contribution in [-0.4, -0.2) is 25.0 Å². The van der Waals surface area contributed by atoms with E-state index in [0.717, 1.165) is 12.1 Å². The van der Waals surface area contributed by atoms with Gasteiger partial charge in [0.25, 0.3) is 11.8 Å². The van der Waals surface area contributed by atoms with Crippen LogP contribution in [0.15, 0.2) is 72.8 Å². The normalized spacial score (nSPS) is 10.2. The Morgan fingerprint density at radius 1 is 0.733 bits per heavy atom. The average Bonchev–Trinajstić information content (AvgIpc) is 2.75. The third kappa shape index (κ3) is 5.78. The first-order chi connectivity index (χ1) is 14.5. The Morgan fingerprint density at radius 3 is 2.07 bits per heavy atom. The van der Waals surface area contributed by atoms with E-state index >= 15 is 0 Å². The molecule has 0 radical (unpaired) electrons. The Hall–Kier alpha value is -3.94. The van der Waals surface area contributed by atoms with E-state index in [2.05, 4.69) is 10.9 Å². The molecule has 2 amide bonds. The quantitative estimate of drug-likeness (QED) is 0.460. The maximum atomic E-state index is 13.2. The molecule has 0 saturated carbocycles. The van der Waals surface area contributed by atoms with Gasteiger partial charge in [0.2, 0.25) is 0 Å². The van der Waals surface area contributed by atoms with E-state index < -0.39 is 23.4 Å². The van der Waals surface area contributed by atoms with E-state index in [0.29, 0.717) is 11.8 Å². The highest BCUT2D eigenvalue weighted by molar-refractivity contribution is 6.00. The lowest BCUT2D eigenvalue weighted by atomic mass is 10.2. The van der Waals surface area contributed by atoms with E-state index in [9.17, 15) is 18.4 Å². The Labute approximate surface area is 171 Å². The number of carbonyl (C=O) groups excluding carboxylic acids is 2.